The van der Waals surface area contributed by atoms with Crippen LogP contribution in [0.1, 0.15) is 32.1 Å². The summed E-state index contributed by atoms with van der Waals surface area (Å²) in [5, 5.41) is -0.467. The van der Waals surface area contributed by atoms with Gasteiger partial charge in [0.05, 0.1) is 6.10 Å². The molecule has 4 heteroatoms. The lowest BCUT2D eigenvalue weighted by molar-refractivity contribution is -0.133. The molecule has 0 bridgehead atoms. The van der Waals surface area contributed by atoms with Crippen LogP contribution >= 0.6 is 11.6 Å². The minimum absolute atomic E-state index is 0.0545. The SMILES string of the molecule is O=C(C(Cl)C1CCCO1)N1CCCCC1. The van der Waals surface area contributed by atoms with Gasteiger partial charge in [-0.25, -0.2) is 0 Å². The van der Waals surface area contributed by atoms with Gasteiger partial charge in [0.15, 0.2) is 0 Å². The standard InChI is InChI=1S/C11H18ClNO2/c12-10(9-5-4-8-15-9)11(14)13-6-2-1-3-7-13/h9-10H,1-8H2. The molecule has 2 aliphatic heterocycles. The van der Waals surface area contributed by atoms with Crippen molar-refractivity contribution < 1.29 is 9.53 Å². The lowest BCUT2D eigenvalue weighted by Gasteiger charge is -2.29. The van der Waals surface area contributed by atoms with Crippen LogP contribution in [0.15, 0.2) is 0 Å². The Labute approximate surface area is 95.7 Å². The first kappa shape index (κ1) is 11.2. The summed E-state index contributed by atoms with van der Waals surface area (Å²) in [5.74, 6) is 0.0725. The lowest BCUT2D eigenvalue weighted by Crippen LogP contribution is -2.44. The summed E-state index contributed by atoms with van der Waals surface area (Å²) in [6.45, 7) is 2.49. The minimum atomic E-state index is -0.467. The number of ether oxygens (including phenoxy) is 1. The van der Waals surface area contributed by atoms with E-state index in [2.05, 4.69) is 0 Å². The molecule has 86 valence electrons. The van der Waals surface area contributed by atoms with E-state index in [9.17, 15) is 4.79 Å². The van der Waals surface area contributed by atoms with Crippen LogP contribution in [-0.2, 0) is 9.53 Å². The second-order valence-electron chi connectivity index (χ2n) is 4.34. The number of carbonyl (C=O) groups is 1. The molecule has 1 amide bonds. The molecular weight excluding hydrogens is 214 g/mol. The largest absolute Gasteiger partial charge is 0.376 e. The third-order valence-corrected chi connectivity index (χ3v) is 3.66. The topological polar surface area (TPSA) is 29.5 Å². The van der Waals surface area contributed by atoms with Crippen molar-refractivity contribution >= 4 is 17.5 Å². The lowest BCUT2D eigenvalue weighted by atomic mass is 10.1. The number of alkyl halides is 1. The molecule has 0 aromatic carbocycles. The van der Waals surface area contributed by atoms with Crippen LogP contribution in [0.5, 0.6) is 0 Å². The van der Waals surface area contributed by atoms with Crippen molar-refractivity contribution in [3.63, 3.8) is 0 Å². The number of rotatable bonds is 2. The van der Waals surface area contributed by atoms with Crippen LogP contribution in [0.4, 0.5) is 0 Å². The molecule has 2 aliphatic rings. The van der Waals surface area contributed by atoms with Crippen molar-refractivity contribution in [2.24, 2.45) is 0 Å². The number of nitrogens with zero attached hydrogens (tertiary/aromatic N) is 1. The van der Waals surface area contributed by atoms with Gasteiger partial charge in [-0.05, 0) is 32.1 Å². The fourth-order valence-corrected chi connectivity index (χ4v) is 2.62. The van der Waals surface area contributed by atoms with Gasteiger partial charge < -0.3 is 9.64 Å². The van der Waals surface area contributed by atoms with Gasteiger partial charge in [-0.1, -0.05) is 0 Å². The minimum Gasteiger partial charge on any atom is -0.376 e. The number of hydrogen-bond donors (Lipinski definition) is 0. The van der Waals surface area contributed by atoms with Crippen LogP contribution in [0.2, 0.25) is 0 Å². The Morgan fingerprint density at radius 1 is 1.27 bits per heavy atom. The monoisotopic (exact) mass is 231 g/mol. The Hall–Kier alpha value is -0.280. The summed E-state index contributed by atoms with van der Waals surface area (Å²) in [7, 11) is 0. The van der Waals surface area contributed by atoms with E-state index in [0.717, 1.165) is 45.4 Å². The van der Waals surface area contributed by atoms with Gasteiger partial charge in [-0.3, -0.25) is 4.79 Å². The van der Waals surface area contributed by atoms with Gasteiger partial charge in [-0.2, -0.15) is 0 Å². The number of amides is 1. The zero-order valence-corrected chi connectivity index (χ0v) is 9.71. The summed E-state index contributed by atoms with van der Waals surface area (Å²) in [6, 6.07) is 0. The van der Waals surface area contributed by atoms with Crippen molar-refractivity contribution in [2.45, 2.75) is 43.6 Å². The third-order valence-electron chi connectivity index (χ3n) is 3.19. The van der Waals surface area contributed by atoms with Crippen molar-refractivity contribution in [3.8, 4) is 0 Å². The molecule has 2 atom stereocenters. The molecular formula is C11H18ClNO2. The highest BCUT2D eigenvalue weighted by molar-refractivity contribution is 6.31. The van der Waals surface area contributed by atoms with E-state index in [1.165, 1.54) is 6.42 Å². The van der Waals surface area contributed by atoms with Gasteiger partial charge in [0, 0.05) is 19.7 Å². The average Bonchev–Trinajstić information content (AvgIpc) is 2.82. The first-order chi connectivity index (χ1) is 7.29. The number of piperidine rings is 1. The molecule has 2 fully saturated rings. The highest BCUT2D eigenvalue weighted by Gasteiger charge is 2.33. The van der Waals surface area contributed by atoms with Gasteiger partial charge in [-0.15, -0.1) is 11.6 Å². The van der Waals surface area contributed by atoms with E-state index < -0.39 is 5.38 Å². The van der Waals surface area contributed by atoms with E-state index in [-0.39, 0.29) is 12.0 Å². The van der Waals surface area contributed by atoms with Gasteiger partial charge in [0.25, 0.3) is 0 Å². The maximum atomic E-state index is 12.0. The zero-order chi connectivity index (χ0) is 10.7. The Morgan fingerprint density at radius 3 is 2.60 bits per heavy atom. The average molecular weight is 232 g/mol. The quantitative estimate of drug-likeness (QED) is 0.679. The molecule has 2 saturated heterocycles. The van der Waals surface area contributed by atoms with Crippen molar-refractivity contribution in [3.05, 3.63) is 0 Å². The molecule has 0 spiro atoms. The highest BCUT2D eigenvalue weighted by Crippen LogP contribution is 2.22. The first-order valence-corrected chi connectivity index (χ1v) is 6.27. The predicted molar refractivity (Wildman–Crippen MR) is 59.0 cm³/mol. The van der Waals surface area contributed by atoms with Crippen molar-refractivity contribution in [2.75, 3.05) is 19.7 Å². The number of likely N-dealkylation sites (tertiary alicyclic amines) is 1. The molecule has 3 nitrogen and oxygen atoms in total. The van der Waals surface area contributed by atoms with Gasteiger partial charge >= 0.3 is 0 Å². The maximum absolute atomic E-state index is 12.0. The van der Waals surface area contributed by atoms with Crippen LogP contribution in [-0.4, -0.2) is 42.0 Å². The summed E-state index contributed by atoms with van der Waals surface area (Å²) < 4.78 is 5.45. The van der Waals surface area contributed by atoms with Crippen molar-refractivity contribution in [1.29, 1.82) is 0 Å². The van der Waals surface area contributed by atoms with Crippen LogP contribution in [0.25, 0.3) is 0 Å². The molecule has 0 N–H and O–H groups in total. The van der Waals surface area contributed by atoms with E-state index in [4.69, 9.17) is 16.3 Å². The molecule has 0 aliphatic carbocycles. The molecule has 0 aromatic heterocycles. The third kappa shape index (κ3) is 2.64. The van der Waals surface area contributed by atoms with Crippen LogP contribution in [0.3, 0.4) is 0 Å². The summed E-state index contributed by atoms with van der Waals surface area (Å²) in [6.07, 6.45) is 5.36. The molecule has 2 unspecified atom stereocenters. The zero-order valence-electron chi connectivity index (χ0n) is 8.95. The highest BCUT2D eigenvalue weighted by atomic mass is 35.5. The Kier molecular flexibility index (Phi) is 3.87. The number of halogens is 1. The summed E-state index contributed by atoms with van der Waals surface area (Å²) >= 11 is 6.15. The Morgan fingerprint density at radius 2 is 2.00 bits per heavy atom. The molecule has 0 aromatic rings. The van der Waals surface area contributed by atoms with E-state index in [0.29, 0.717) is 0 Å². The van der Waals surface area contributed by atoms with Crippen molar-refractivity contribution in [1.82, 2.24) is 4.90 Å². The molecule has 0 saturated carbocycles. The smallest absolute Gasteiger partial charge is 0.243 e. The second-order valence-corrected chi connectivity index (χ2v) is 4.81. The van der Waals surface area contributed by atoms with Crippen LogP contribution in [0, 0.1) is 0 Å². The molecule has 15 heavy (non-hydrogen) atoms. The normalized spacial score (nSPS) is 29.1. The van der Waals surface area contributed by atoms with Gasteiger partial charge in [0.1, 0.15) is 5.38 Å². The molecule has 2 rings (SSSR count). The van der Waals surface area contributed by atoms with Gasteiger partial charge in [0.2, 0.25) is 5.91 Å². The predicted octanol–water partition coefficient (Wildman–Crippen LogP) is 1.79. The summed E-state index contributed by atoms with van der Waals surface area (Å²) in [4.78, 5) is 13.9. The number of carbonyl (C=O) groups excluding carboxylic acids is 1. The van der Waals surface area contributed by atoms with Crippen LogP contribution < -0.4 is 0 Å². The van der Waals surface area contributed by atoms with E-state index >= 15 is 0 Å². The maximum Gasteiger partial charge on any atom is 0.243 e. The fourth-order valence-electron chi connectivity index (χ4n) is 2.28. The number of hydrogen-bond acceptors (Lipinski definition) is 2. The second kappa shape index (κ2) is 5.17. The van der Waals surface area contributed by atoms with E-state index in [1.54, 1.807) is 0 Å². The molecule has 0 radical (unpaired) electrons. The summed E-state index contributed by atoms with van der Waals surface area (Å²) in [5.41, 5.74) is 0. The molecule has 2 heterocycles. The Bertz CT molecular complexity index is 223. The van der Waals surface area contributed by atoms with E-state index in [1.807, 2.05) is 4.90 Å². The fraction of sp³-hybridized carbons (Fsp3) is 0.909. The first-order valence-electron chi connectivity index (χ1n) is 5.83. The Balaban J connectivity index is 1.87.